The van der Waals surface area contributed by atoms with Crippen LogP contribution in [0.3, 0.4) is 0 Å². The summed E-state index contributed by atoms with van der Waals surface area (Å²) < 4.78 is 21.7. The van der Waals surface area contributed by atoms with Crippen LogP contribution in [0.1, 0.15) is 52.7 Å². The summed E-state index contributed by atoms with van der Waals surface area (Å²) in [5.74, 6) is -0.252. The highest BCUT2D eigenvalue weighted by atomic mass is 79.9. The molecule has 0 unspecified atom stereocenters. The average Bonchev–Trinajstić information content (AvgIpc) is 3.66. The Morgan fingerprint density at radius 3 is 1.25 bits per heavy atom. The Morgan fingerprint density at radius 1 is 0.429 bits per heavy atom. The first-order valence-electron chi connectivity index (χ1n) is 19.4. The summed E-state index contributed by atoms with van der Waals surface area (Å²) in [5.41, 5.74) is 10.2. The van der Waals surface area contributed by atoms with Gasteiger partial charge in [-0.05, 0) is 132 Å². The standard InChI is InChI=1S/C52H42BrFN2/c1-51(2,3)36-19-21-44-41(29-36)39-23-31-13-7-9-15-33(31)25-46(39)55(44)48-27-35(38-17-11-12-18-43(38)54)28-49(50(48)53)56-45-22-20-37(52(4,5)6)30-42(45)40-24-32-14-8-10-16-34(32)26-47(40)56/h7-30H,1-6H3. The van der Waals surface area contributed by atoms with Gasteiger partial charge in [0, 0.05) is 27.1 Å². The first-order chi connectivity index (χ1) is 26.8. The highest BCUT2D eigenvalue weighted by Crippen LogP contribution is 2.45. The van der Waals surface area contributed by atoms with Gasteiger partial charge < -0.3 is 9.13 Å². The van der Waals surface area contributed by atoms with Crippen LogP contribution in [0.15, 0.2) is 150 Å². The van der Waals surface area contributed by atoms with E-state index in [1.807, 2.05) is 12.1 Å². The van der Waals surface area contributed by atoms with Crippen molar-refractivity contribution in [1.29, 1.82) is 0 Å². The van der Waals surface area contributed by atoms with Crippen LogP contribution >= 0.6 is 15.9 Å². The Hall–Kier alpha value is -5.71. The Labute approximate surface area is 334 Å². The lowest BCUT2D eigenvalue weighted by molar-refractivity contribution is 0.591. The number of hydrogen-bond donors (Lipinski definition) is 0. The first-order valence-corrected chi connectivity index (χ1v) is 20.2. The number of aromatic nitrogens is 2. The second-order valence-corrected chi connectivity index (χ2v) is 18.2. The zero-order valence-electron chi connectivity index (χ0n) is 32.5. The predicted octanol–water partition coefficient (Wildman–Crippen LogP) is 15.4. The van der Waals surface area contributed by atoms with Gasteiger partial charge in [0.25, 0.3) is 0 Å². The fourth-order valence-electron chi connectivity index (χ4n) is 8.63. The van der Waals surface area contributed by atoms with E-state index in [4.69, 9.17) is 0 Å². The lowest BCUT2D eigenvalue weighted by Gasteiger charge is -2.21. The van der Waals surface area contributed by atoms with Gasteiger partial charge in [-0.3, -0.25) is 0 Å². The van der Waals surface area contributed by atoms with Crippen LogP contribution in [0.5, 0.6) is 0 Å². The van der Waals surface area contributed by atoms with Crippen LogP contribution in [0.25, 0.3) is 87.7 Å². The number of nitrogens with zero attached hydrogens (tertiary/aromatic N) is 2. The van der Waals surface area contributed by atoms with Gasteiger partial charge in [-0.2, -0.15) is 0 Å². The zero-order valence-corrected chi connectivity index (χ0v) is 34.1. The molecule has 0 bridgehead atoms. The van der Waals surface area contributed by atoms with Gasteiger partial charge in [0.15, 0.2) is 0 Å². The molecule has 10 rings (SSSR count). The van der Waals surface area contributed by atoms with Crippen molar-refractivity contribution in [1.82, 2.24) is 9.13 Å². The molecule has 56 heavy (non-hydrogen) atoms. The summed E-state index contributed by atoms with van der Waals surface area (Å²) in [5, 5.41) is 9.51. The van der Waals surface area contributed by atoms with Crippen LogP contribution in [0.4, 0.5) is 4.39 Å². The van der Waals surface area contributed by atoms with Crippen LogP contribution in [0, 0.1) is 5.82 Å². The summed E-state index contributed by atoms with van der Waals surface area (Å²) in [4.78, 5) is 0. The minimum atomic E-state index is -0.252. The van der Waals surface area contributed by atoms with Crippen molar-refractivity contribution in [2.24, 2.45) is 0 Å². The summed E-state index contributed by atoms with van der Waals surface area (Å²) in [7, 11) is 0. The molecule has 2 heterocycles. The molecule has 0 saturated heterocycles. The molecule has 2 nitrogen and oxygen atoms in total. The van der Waals surface area contributed by atoms with E-state index in [2.05, 4.69) is 188 Å². The minimum absolute atomic E-state index is 0.0223. The maximum Gasteiger partial charge on any atom is 0.131 e. The normalized spacial score (nSPS) is 12.6. The Balaban J connectivity index is 1.37. The number of rotatable bonds is 3. The summed E-state index contributed by atoms with van der Waals surface area (Å²) in [6.07, 6.45) is 0. The van der Waals surface area contributed by atoms with E-state index < -0.39 is 0 Å². The molecular formula is C52H42BrFN2. The van der Waals surface area contributed by atoms with Crippen LogP contribution in [-0.2, 0) is 10.8 Å². The second kappa shape index (κ2) is 12.4. The molecule has 0 fully saturated rings. The van der Waals surface area contributed by atoms with Gasteiger partial charge in [0.1, 0.15) is 5.82 Å². The molecular weight excluding hydrogens is 751 g/mol. The molecule has 0 N–H and O–H groups in total. The fraction of sp³-hybridized carbons (Fsp3) is 0.154. The number of benzene rings is 8. The molecule has 10 aromatic rings. The van der Waals surface area contributed by atoms with Gasteiger partial charge in [-0.25, -0.2) is 4.39 Å². The SMILES string of the molecule is CC(C)(C)c1ccc2c(c1)c1cc3ccccc3cc1n2-c1cc(-c2ccccc2F)cc(-n2c3ccc(C(C)(C)C)cc3c3cc4ccccc4cc32)c1Br. The quantitative estimate of drug-likeness (QED) is 0.169. The predicted molar refractivity (Wildman–Crippen MR) is 241 cm³/mol. The Morgan fingerprint density at radius 2 is 0.821 bits per heavy atom. The lowest BCUT2D eigenvalue weighted by Crippen LogP contribution is -2.10. The molecule has 0 atom stereocenters. The van der Waals surface area contributed by atoms with E-state index in [0.29, 0.717) is 5.56 Å². The van der Waals surface area contributed by atoms with Crippen molar-refractivity contribution in [3.63, 3.8) is 0 Å². The van der Waals surface area contributed by atoms with E-state index >= 15 is 4.39 Å². The monoisotopic (exact) mass is 792 g/mol. The molecule has 4 heteroatoms. The van der Waals surface area contributed by atoms with Crippen LogP contribution < -0.4 is 0 Å². The molecule has 2 aromatic heterocycles. The molecule has 0 spiro atoms. The van der Waals surface area contributed by atoms with E-state index in [-0.39, 0.29) is 16.6 Å². The van der Waals surface area contributed by atoms with Crippen molar-refractivity contribution < 1.29 is 4.39 Å². The molecule has 0 saturated carbocycles. The largest absolute Gasteiger partial charge is 0.308 e. The van der Waals surface area contributed by atoms with E-state index in [1.165, 1.54) is 54.2 Å². The summed E-state index contributed by atoms with van der Waals surface area (Å²) in [6.45, 7) is 13.6. The van der Waals surface area contributed by atoms with E-state index in [0.717, 1.165) is 43.5 Å². The van der Waals surface area contributed by atoms with Crippen molar-refractivity contribution in [2.45, 2.75) is 52.4 Å². The van der Waals surface area contributed by atoms with Crippen molar-refractivity contribution in [3.8, 4) is 22.5 Å². The van der Waals surface area contributed by atoms with Crippen molar-refractivity contribution >= 4 is 81.1 Å². The molecule has 0 radical (unpaired) electrons. The summed E-state index contributed by atoms with van der Waals surface area (Å²) in [6, 6.07) is 51.6. The topological polar surface area (TPSA) is 9.86 Å². The molecule has 274 valence electrons. The molecule has 0 aliphatic rings. The third-order valence-electron chi connectivity index (χ3n) is 11.7. The molecule has 8 aromatic carbocycles. The highest BCUT2D eigenvalue weighted by molar-refractivity contribution is 9.10. The van der Waals surface area contributed by atoms with Gasteiger partial charge in [0.05, 0.1) is 37.9 Å². The third kappa shape index (κ3) is 5.41. The zero-order chi connectivity index (χ0) is 38.7. The number of halogens is 2. The van der Waals surface area contributed by atoms with Gasteiger partial charge in [0.2, 0.25) is 0 Å². The average molecular weight is 794 g/mol. The van der Waals surface area contributed by atoms with E-state index in [1.54, 1.807) is 12.1 Å². The Kier molecular flexibility index (Phi) is 7.69. The van der Waals surface area contributed by atoms with E-state index in [9.17, 15) is 0 Å². The fourth-order valence-corrected chi connectivity index (χ4v) is 9.22. The second-order valence-electron chi connectivity index (χ2n) is 17.4. The summed E-state index contributed by atoms with van der Waals surface area (Å²) >= 11 is 4.25. The first kappa shape index (κ1) is 34.8. The van der Waals surface area contributed by atoms with Gasteiger partial charge in [-0.15, -0.1) is 0 Å². The van der Waals surface area contributed by atoms with Crippen molar-refractivity contribution in [2.75, 3.05) is 0 Å². The maximum absolute atomic E-state index is 16.0. The highest BCUT2D eigenvalue weighted by Gasteiger charge is 2.25. The molecule has 0 aliphatic carbocycles. The Bertz CT molecular complexity index is 3050. The third-order valence-corrected chi connectivity index (χ3v) is 12.5. The van der Waals surface area contributed by atoms with Crippen LogP contribution in [-0.4, -0.2) is 9.13 Å². The molecule has 0 amide bonds. The number of hydrogen-bond acceptors (Lipinski definition) is 0. The smallest absolute Gasteiger partial charge is 0.131 e. The van der Waals surface area contributed by atoms with Gasteiger partial charge >= 0.3 is 0 Å². The minimum Gasteiger partial charge on any atom is -0.308 e. The number of fused-ring (bicyclic) bond motifs is 8. The van der Waals surface area contributed by atoms with Crippen LogP contribution in [0.2, 0.25) is 0 Å². The van der Waals surface area contributed by atoms with Crippen molar-refractivity contribution in [3.05, 3.63) is 167 Å². The molecule has 0 aliphatic heterocycles. The lowest BCUT2D eigenvalue weighted by atomic mass is 9.86. The van der Waals surface area contributed by atoms with Gasteiger partial charge in [-0.1, -0.05) is 120 Å². The maximum atomic E-state index is 16.0.